The highest BCUT2D eigenvalue weighted by molar-refractivity contribution is 9.09. The van der Waals surface area contributed by atoms with E-state index in [4.69, 9.17) is 11.6 Å². The quantitative estimate of drug-likeness (QED) is 0.618. The summed E-state index contributed by atoms with van der Waals surface area (Å²) in [5, 5.41) is 3.92. The number of nitrogens with one attached hydrogen (secondary N) is 1. The minimum Gasteiger partial charge on any atom is -0.349 e. The zero-order chi connectivity index (χ0) is 12.0. The van der Waals surface area contributed by atoms with Gasteiger partial charge in [0.2, 0.25) is 5.91 Å². The van der Waals surface area contributed by atoms with Gasteiger partial charge in [-0.3, -0.25) is 4.79 Å². The lowest BCUT2D eigenvalue weighted by atomic mass is 10.2. The Bertz CT molecular complexity index is 342. The van der Waals surface area contributed by atoms with Crippen molar-refractivity contribution in [2.45, 2.75) is 32.2 Å². The molecule has 0 spiro atoms. The number of amides is 1. The Morgan fingerprint density at radius 3 is 2.88 bits per heavy atom. The van der Waals surface area contributed by atoms with Crippen LogP contribution in [0.4, 0.5) is 0 Å². The fourth-order valence-corrected chi connectivity index (χ4v) is 2.79. The summed E-state index contributed by atoms with van der Waals surface area (Å²) in [7, 11) is 0. The SMILES string of the molecule is CC(NC(=O)CCCCBr)c1ccc(Cl)s1. The van der Waals surface area contributed by atoms with Gasteiger partial charge in [0.1, 0.15) is 0 Å². The van der Waals surface area contributed by atoms with E-state index < -0.39 is 0 Å². The average molecular weight is 325 g/mol. The molecule has 1 heterocycles. The number of halogens is 2. The molecule has 1 aromatic heterocycles. The maximum Gasteiger partial charge on any atom is 0.220 e. The van der Waals surface area contributed by atoms with E-state index >= 15 is 0 Å². The van der Waals surface area contributed by atoms with Gasteiger partial charge in [-0.15, -0.1) is 11.3 Å². The van der Waals surface area contributed by atoms with Crippen molar-refractivity contribution in [1.82, 2.24) is 5.32 Å². The molecule has 0 radical (unpaired) electrons. The molecule has 0 aliphatic carbocycles. The van der Waals surface area contributed by atoms with Crippen molar-refractivity contribution in [1.29, 1.82) is 0 Å². The molecular formula is C11H15BrClNOS. The number of hydrogen-bond acceptors (Lipinski definition) is 2. The fraction of sp³-hybridized carbons (Fsp3) is 0.545. The first-order valence-electron chi connectivity index (χ1n) is 5.24. The van der Waals surface area contributed by atoms with E-state index in [-0.39, 0.29) is 11.9 Å². The zero-order valence-electron chi connectivity index (χ0n) is 9.13. The van der Waals surface area contributed by atoms with Crippen molar-refractivity contribution in [3.8, 4) is 0 Å². The largest absolute Gasteiger partial charge is 0.349 e. The highest BCUT2D eigenvalue weighted by Gasteiger charge is 2.10. The number of rotatable bonds is 6. The predicted octanol–water partition coefficient (Wildman–Crippen LogP) is 4.14. The highest BCUT2D eigenvalue weighted by Crippen LogP contribution is 2.26. The summed E-state index contributed by atoms with van der Waals surface area (Å²) in [5.74, 6) is 0.109. The molecule has 1 N–H and O–H groups in total. The molecule has 1 rings (SSSR count). The van der Waals surface area contributed by atoms with E-state index in [9.17, 15) is 4.79 Å². The minimum absolute atomic E-state index is 0.0500. The maximum absolute atomic E-state index is 11.6. The van der Waals surface area contributed by atoms with Gasteiger partial charge < -0.3 is 5.32 Å². The summed E-state index contributed by atoms with van der Waals surface area (Å²) >= 11 is 10.7. The van der Waals surface area contributed by atoms with Gasteiger partial charge in [-0.2, -0.15) is 0 Å². The fourth-order valence-electron chi connectivity index (χ4n) is 1.33. The second-order valence-electron chi connectivity index (χ2n) is 3.58. The van der Waals surface area contributed by atoms with Crippen LogP contribution in [-0.2, 0) is 4.79 Å². The molecule has 0 saturated heterocycles. The Hall–Kier alpha value is -0.0600. The van der Waals surface area contributed by atoms with Crippen molar-refractivity contribution in [2.75, 3.05) is 5.33 Å². The van der Waals surface area contributed by atoms with Crippen molar-refractivity contribution < 1.29 is 4.79 Å². The Morgan fingerprint density at radius 1 is 1.56 bits per heavy atom. The van der Waals surface area contributed by atoms with Crippen LogP contribution in [0, 0.1) is 0 Å². The number of unbranched alkanes of at least 4 members (excludes halogenated alkanes) is 1. The maximum atomic E-state index is 11.6. The molecule has 16 heavy (non-hydrogen) atoms. The molecule has 0 saturated carbocycles. The highest BCUT2D eigenvalue weighted by atomic mass is 79.9. The van der Waals surface area contributed by atoms with Gasteiger partial charge >= 0.3 is 0 Å². The lowest BCUT2D eigenvalue weighted by Gasteiger charge is -2.11. The van der Waals surface area contributed by atoms with Crippen molar-refractivity contribution in [3.63, 3.8) is 0 Å². The summed E-state index contributed by atoms with van der Waals surface area (Å²) in [6.07, 6.45) is 2.55. The molecule has 90 valence electrons. The molecule has 5 heteroatoms. The molecule has 0 aliphatic rings. The van der Waals surface area contributed by atoms with E-state index in [1.807, 2.05) is 19.1 Å². The average Bonchev–Trinajstić information content (AvgIpc) is 2.65. The third-order valence-corrected chi connectivity index (χ3v) is 4.16. The molecule has 1 atom stereocenters. The monoisotopic (exact) mass is 323 g/mol. The van der Waals surface area contributed by atoms with Crippen LogP contribution in [0.3, 0.4) is 0 Å². The van der Waals surface area contributed by atoms with Gasteiger partial charge in [-0.05, 0) is 31.9 Å². The van der Waals surface area contributed by atoms with E-state index in [2.05, 4.69) is 21.2 Å². The molecule has 0 aromatic carbocycles. The van der Waals surface area contributed by atoms with Crippen LogP contribution < -0.4 is 5.32 Å². The standard InChI is InChI=1S/C11H15BrClNOS/c1-8(9-5-6-10(13)16-9)14-11(15)4-2-3-7-12/h5-6,8H,2-4,7H2,1H3,(H,14,15). The smallest absolute Gasteiger partial charge is 0.220 e. The number of hydrogen-bond donors (Lipinski definition) is 1. The van der Waals surface area contributed by atoms with Crippen molar-refractivity contribution in [2.24, 2.45) is 0 Å². The predicted molar refractivity (Wildman–Crippen MR) is 73.5 cm³/mol. The molecule has 0 bridgehead atoms. The van der Waals surface area contributed by atoms with Gasteiger partial charge in [0.15, 0.2) is 0 Å². The summed E-state index contributed by atoms with van der Waals surface area (Å²) in [6.45, 7) is 1.98. The Balaban J connectivity index is 2.33. The molecule has 1 amide bonds. The number of thiophene rings is 1. The Labute approximate surface area is 114 Å². The normalized spacial score (nSPS) is 12.4. The third-order valence-electron chi connectivity index (χ3n) is 2.19. The summed E-state index contributed by atoms with van der Waals surface area (Å²) in [4.78, 5) is 12.6. The topological polar surface area (TPSA) is 29.1 Å². The van der Waals surface area contributed by atoms with Gasteiger partial charge in [0, 0.05) is 16.6 Å². The first-order chi connectivity index (χ1) is 7.63. The van der Waals surface area contributed by atoms with E-state index in [1.165, 1.54) is 11.3 Å². The van der Waals surface area contributed by atoms with Crippen LogP contribution in [-0.4, -0.2) is 11.2 Å². The van der Waals surface area contributed by atoms with Crippen molar-refractivity contribution in [3.05, 3.63) is 21.3 Å². The van der Waals surface area contributed by atoms with Crippen LogP contribution in [0.5, 0.6) is 0 Å². The van der Waals surface area contributed by atoms with Crippen LogP contribution in [0.25, 0.3) is 0 Å². The van der Waals surface area contributed by atoms with Crippen LogP contribution in [0.2, 0.25) is 4.34 Å². The van der Waals surface area contributed by atoms with Crippen molar-refractivity contribution >= 4 is 44.8 Å². The van der Waals surface area contributed by atoms with Crippen LogP contribution >= 0.6 is 38.9 Å². The summed E-state index contributed by atoms with van der Waals surface area (Å²) in [6, 6.07) is 3.86. The molecule has 1 aromatic rings. The summed E-state index contributed by atoms with van der Waals surface area (Å²) in [5.41, 5.74) is 0. The third kappa shape index (κ3) is 4.85. The molecule has 0 fully saturated rings. The van der Waals surface area contributed by atoms with Gasteiger partial charge in [-0.1, -0.05) is 27.5 Å². The Kier molecular flexibility index (Phi) is 6.39. The first kappa shape index (κ1) is 14.0. The Morgan fingerprint density at radius 2 is 2.31 bits per heavy atom. The first-order valence-corrected chi connectivity index (χ1v) is 7.55. The number of alkyl halides is 1. The molecule has 2 nitrogen and oxygen atoms in total. The molecule has 0 aliphatic heterocycles. The van der Waals surface area contributed by atoms with E-state index in [0.717, 1.165) is 27.4 Å². The number of carbonyl (C=O) groups is 1. The van der Waals surface area contributed by atoms with Crippen LogP contribution in [0.15, 0.2) is 12.1 Å². The molecular weight excluding hydrogens is 310 g/mol. The summed E-state index contributed by atoms with van der Waals surface area (Å²) < 4.78 is 0.760. The van der Waals surface area contributed by atoms with E-state index in [0.29, 0.717) is 6.42 Å². The second-order valence-corrected chi connectivity index (χ2v) is 6.12. The lowest BCUT2D eigenvalue weighted by Crippen LogP contribution is -2.25. The zero-order valence-corrected chi connectivity index (χ0v) is 12.3. The van der Waals surface area contributed by atoms with Gasteiger partial charge in [0.25, 0.3) is 0 Å². The second kappa shape index (κ2) is 7.30. The van der Waals surface area contributed by atoms with Gasteiger partial charge in [-0.25, -0.2) is 0 Å². The molecule has 1 unspecified atom stereocenters. The minimum atomic E-state index is 0.0500. The van der Waals surface area contributed by atoms with E-state index in [1.54, 1.807) is 0 Å². The van der Waals surface area contributed by atoms with Gasteiger partial charge in [0.05, 0.1) is 10.4 Å². The lowest BCUT2D eigenvalue weighted by molar-refractivity contribution is -0.121. The van der Waals surface area contributed by atoms with Crippen LogP contribution in [0.1, 0.15) is 37.1 Å². The number of carbonyl (C=O) groups excluding carboxylic acids is 1.